The standard InChI is InChI=1S/C16H20N2O3S/c1-4-21-16(19)18-13-6-5-12(9-14(13)20-3)17-10-15-11(2)7-8-22-15/h5-9,17H,4,10H2,1-3H3,(H,18,19). The Morgan fingerprint density at radius 1 is 1.32 bits per heavy atom. The summed E-state index contributed by atoms with van der Waals surface area (Å²) in [5, 5.41) is 8.09. The number of nitrogens with one attached hydrogen (secondary N) is 2. The molecule has 0 radical (unpaired) electrons. The molecule has 1 aromatic heterocycles. The van der Waals surface area contributed by atoms with E-state index in [-0.39, 0.29) is 0 Å². The SMILES string of the molecule is CCOC(=O)Nc1ccc(NCc2sccc2C)cc1OC. The summed E-state index contributed by atoms with van der Waals surface area (Å²) in [6, 6.07) is 7.64. The number of methoxy groups -OCH3 is 1. The molecule has 1 aromatic carbocycles. The van der Waals surface area contributed by atoms with Gasteiger partial charge in [0, 0.05) is 23.2 Å². The average Bonchev–Trinajstić information content (AvgIpc) is 2.91. The Labute approximate surface area is 134 Å². The largest absolute Gasteiger partial charge is 0.494 e. The highest BCUT2D eigenvalue weighted by atomic mass is 32.1. The van der Waals surface area contributed by atoms with E-state index in [0.29, 0.717) is 18.0 Å². The van der Waals surface area contributed by atoms with Crippen LogP contribution in [-0.2, 0) is 11.3 Å². The maximum Gasteiger partial charge on any atom is 0.411 e. The first-order chi connectivity index (χ1) is 10.6. The van der Waals surface area contributed by atoms with Gasteiger partial charge in [0.05, 0.1) is 19.4 Å². The number of aryl methyl sites for hydroxylation is 1. The van der Waals surface area contributed by atoms with Gasteiger partial charge in [-0.2, -0.15) is 0 Å². The van der Waals surface area contributed by atoms with Gasteiger partial charge >= 0.3 is 6.09 Å². The lowest BCUT2D eigenvalue weighted by molar-refractivity contribution is 0.168. The number of carbonyl (C=O) groups is 1. The van der Waals surface area contributed by atoms with Crippen LogP contribution in [0.5, 0.6) is 5.75 Å². The summed E-state index contributed by atoms with van der Waals surface area (Å²) in [6.45, 7) is 4.95. The first-order valence-electron chi connectivity index (χ1n) is 7.02. The fourth-order valence-corrected chi connectivity index (χ4v) is 2.79. The lowest BCUT2D eigenvalue weighted by atomic mass is 10.2. The van der Waals surface area contributed by atoms with E-state index < -0.39 is 6.09 Å². The van der Waals surface area contributed by atoms with Gasteiger partial charge in [0.2, 0.25) is 0 Å². The van der Waals surface area contributed by atoms with Gasteiger partial charge in [-0.3, -0.25) is 5.32 Å². The molecule has 118 valence electrons. The highest BCUT2D eigenvalue weighted by Gasteiger charge is 2.09. The maximum absolute atomic E-state index is 11.5. The summed E-state index contributed by atoms with van der Waals surface area (Å²) in [7, 11) is 1.57. The van der Waals surface area contributed by atoms with Crippen LogP contribution in [0.25, 0.3) is 0 Å². The number of hydrogen-bond acceptors (Lipinski definition) is 5. The van der Waals surface area contributed by atoms with Gasteiger partial charge < -0.3 is 14.8 Å². The summed E-state index contributed by atoms with van der Waals surface area (Å²) in [5.74, 6) is 0.584. The first kappa shape index (κ1) is 16.2. The summed E-state index contributed by atoms with van der Waals surface area (Å²) in [4.78, 5) is 12.8. The first-order valence-corrected chi connectivity index (χ1v) is 7.90. The molecule has 0 aliphatic rings. The molecule has 0 saturated heterocycles. The lowest BCUT2D eigenvalue weighted by Crippen LogP contribution is -2.14. The normalized spacial score (nSPS) is 10.1. The molecule has 0 atom stereocenters. The maximum atomic E-state index is 11.5. The smallest absolute Gasteiger partial charge is 0.411 e. The zero-order valence-electron chi connectivity index (χ0n) is 12.9. The molecule has 2 aromatic rings. The Bertz CT molecular complexity index is 640. The van der Waals surface area contributed by atoms with Crippen LogP contribution in [0.2, 0.25) is 0 Å². The van der Waals surface area contributed by atoms with Gasteiger partial charge in [-0.1, -0.05) is 0 Å². The van der Waals surface area contributed by atoms with Crippen LogP contribution < -0.4 is 15.4 Å². The predicted molar refractivity (Wildman–Crippen MR) is 90.0 cm³/mol. The van der Waals surface area contributed by atoms with Crippen molar-refractivity contribution in [1.82, 2.24) is 0 Å². The van der Waals surface area contributed by atoms with Crippen molar-refractivity contribution in [3.05, 3.63) is 40.1 Å². The Morgan fingerprint density at radius 3 is 2.77 bits per heavy atom. The van der Waals surface area contributed by atoms with Crippen molar-refractivity contribution in [3.63, 3.8) is 0 Å². The molecule has 2 rings (SSSR count). The van der Waals surface area contributed by atoms with Crippen molar-refractivity contribution in [1.29, 1.82) is 0 Å². The minimum absolute atomic E-state index is 0.327. The van der Waals surface area contributed by atoms with Crippen LogP contribution in [-0.4, -0.2) is 19.8 Å². The van der Waals surface area contributed by atoms with Crippen molar-refractivity contribution < 1.29 is 14.3 Å². The molecule has 5 nitrogen and oxygen atoms in total. The van der Waals surface area contributed by atoms with Gasteiger partial charge in [0.15, 0.2) is 0 Å². The van der Waals surface area contributed by atoms with Crippen molar-refractivity contribution in [2.45, 2.75) is 20.4 Å². The zero-order valence-corrected chi connectivity index (χ0v) is 13.8. The molecule has 0 fully saturated rings. The van der Waals surface area contributed by atoms with E-state index in [9.17, 15) is 4.79 Å². The van der Waals surface area contributed by atoms with Crippen molar-refractivity contribution in [2.24, 2.45) is 0 Å². The van der Waals surface area contributed by atoms with E-state index in [0.717, 1.165) is 12.2 Å². The van der Waals surface area contributed by atoms with Gasteiger partial charge in [-0.15, -0.1) is 11.3 Å². The predicted octanol–water partition coefficient (Wildman–Crippen LogP) is 4.25. The third kappa shape index (κ3) is 4.14. The highest BCUT2D eigenvalue weighted by molar-refractivity contribution is 7.10. The summed E-state index contributed by atoms with van der Waals surface area (Å²) in [6.07, 6.45) is -0.490. The monoisotopic (exact) mass is 320 g/mol. The molecule has 1 heterocycles. The lowest BCUT2D eigenvalue weighted by Gasteiger charge is -2.13. The summed E-state index contributed by atoms with van der Waals surface area (Å²) >= 11 is 1.73. The van der Waals surface area contributed by atoms with Crippen molar-refractivity contribution in [2.75, 3.05) is 24.4 Å². The molecular formula is C16H20N2O3S. The van der Waals surface area contributed by atoms with E-state index in [4.69, 9.17) is 9.47 Å². The van der Waals surface area contributed by atoms with E-state index in [1.165, 1.54) is 10.4 Å². The molecule has 1 amide bonds. The summed E-state index contributed by atoms with van der Waals surface area (Å²) in [5.41, 5.74) is 2.79. The molecule has 0 spiro atoms. The fourth-order valence-electron chi connectivity index (χ4n) is 1.95. The number of anilines is 2. The topological polar surface area (TPSA) is 59.6 Å². The molecule has 0 bridgehead atoms. The average molecular weight is 320 g/mol. The highest BCUT2D eigenvalue weighted by Crippen LogP contribution is 2.28. The van der Waals surface area contributed by atoms with Crippen molar-refractivity contribution in [3.8, 4) is 5.75 Å². The Kier molecular flexibility index (Phi) is 5.66. The van der Waals surface area contributed by atoms with E-state index in [1.54, 1.807) is 31.4 Å². The summed E-state index contributed by atoms with van der Waals surface area (Å²) < 4.78 is 10.2. The van der Waals surface area contributed by atoms with E-state index in [1.807, 2.05) is 12.1 Å². The molecule has 2 N–H and O–H groups in total. The van der Waals surface area contributed by atoms with Crippen molar-refractivity contribution >= 4 is 28.8 Å². The Balaban J connectivity index is 2.05. The minimum atomic E-state index is -0.490. The number of hydrogen-bond donors (Lipinski definition) is 2. The molecule has 0 saturated carbocycles. The van der Waals surface area contributed by atoms with Crippen LogP contribution in [0, 0.1) is 6.92 Å². The number of rotatable bonds is 6. The van der Waals surface area contributed by atoms with Crippen LogP contribution in [0.15, 0.2) is 29.6 Å². The van der Waals surface area contributed by atoms with Gasteiger partial charge in [0.25, 0.3) is 0 Å². The Morgan fingerprint density at radius 2 is 2.14 bits per heavy atom. The molecule has 0 aliphatic heterocycles. The van der Waals surface area contributed by atoms with Crippen LogP contribution >= 0.6 is 11.3 Å². The Hall–Kier alpha value is -2.21. The van der Waals surface area contributed by atoms with Crippen LogP contribution in [0.3, 0.4) is 0 Å². The number of benzene rings is 1. The quantitative estimate of drug-likeness (QED) is 0.835. The fraction of sp³-hybridized carbons (Fsp3) is 0.312. The molecular weight excluding hydrogens is 300 g/mol. The number of amides is 1. The van der Waals surface area contributed by atoms with E-state index in [2.05, 4.69) is 29.0 Å². The molecule has 0 unspecified atom stereocenters. The third-order valence-corrected chi connectivity index (χ3v) is 4.16. The van der Waals surface area contributed by atoms with Crippen LogP contribution in [0.4, 0.5) is 16.2 Å². The number of ether oxygens (including phenoxy) is 2. The number of carbonyl (C=O) groups excluding carboxylic acids is 1. The second-order valence-corrected chi connectivity index (χ2v) is 5.64. The minimum Gasteiger partial charge on any atom is -0.494 e. The molecule has 22 heavy (non-hydrogen) atoms. The molecule has 0 aliphatic carbocycles. The second-order valence-electron chi connectivity index (χ2n) is 4.64. The van der Waals surface area contributed by atoms with Gasteiger partial charge in [0.1, 0.15) is 5.75 Å². The molecule has 6 heteroatoms. The van der Waals surface area contributed by atoms with Crippen LogP contribution in [0.1, 0.15) is 17.4 Å². The third-order valence-electron chi connectivity index (χ3n) is 3.13. The number of thiophene rings is 1. The van der Waals surface area contributed by atoms with Gasteiger partial charge in [-0.05, 0) is 43.0 Å². The zero-order chi connectivity index (χ0) is 15.9. The second kappa shape index (κ2) is 7.70. The van der Waals surface area contributed by atoms with E-state index >= 15 is 0 Å². The van der Waals surface area contributed by atoms with Gasteiger partial charge in [-0.25, -0.2) is 4.79 Å².